The lowest BCUT2D eigenvalue weighted by molar-refractivity contribution is 0.0986. The summed E-state index contributed by atoms with van der Waals surface area (Å²) in [5.41, 5.74) is 0.864. The number of nitrogens with zero attached hydrogens (tertiary/aromatic N) is 4. The van der Waals surface area contributed by atoms with Crippen molar-refractivity contribution in [2.75, 3.05) is 0 Å². The molecular formula is C16H14N4O2S2. The van der Waals surface area contributed by atoms with Gasteiger partial charge in [0.1, 0.15) is 0 Å². The minimum atomic E-state index is -0.339. The minimum absolute atomic E-state index is 0.339. The number of aromatic nitrogens is 2. The van der Waals surface area contributed by atoms with Crippen molar-refractivity contribution >= 4 is 34.5 Å². The number of hydrogen-bond donors (Lipinski definition) is 0. The van der Waals surface area contributed by atoms with E-state index in [1.807, 2.05) is 37.2 Å². The molecule has 8 heteroatoms. The lowest BCUT2D eigenvalue weighted by atomic mass is 10.1. The summed E-state index contributed by atoms with van der Waals surface area (Å²) in [5.74, 6) is -0.678. The molecule has 0 aliphatic carbocycles. The van der Waals surface area contributed by atoms with Gasteiger partial charge in [-0.25, -0.2) is 0 Å². The highest BCUT2D eigenvalue weighted by molar-refractivity contribution is 7.07. The third-order valence-electron chi connectivity index (χ3n) is 3.29. The van der Waals surface area contributed by atoms with Crippen molar-refractivity contribution in [1.29, 1.82) is 0 Å². The van der Waals surface area contributed by atoms with Gasteiger partial charge in [0, 0.05) is 48.4 Å². The van der Waals surface area contributed by atoms with Crippen molar-refractivity contribution in [2.45, 2.75) is 0 Å². The molecule has 2 heterocycles. The summed E-state index contributed by atoms with van der Waals surface area (Å²) in [6, 6.07) is 6.38. The van der Waals surface area contributed by atoms with Gasteiger partial charge in [-0.3, -0.25) is 9.59 Å². The summed E-state index contributed by atoms with van der Waals surface area (Å²) < 4.78 is 3.56. The molecule has 3 aromatic rings. The predicted molar refractivity (Wildman–Crippen MR) is 92.8 cm³/mol. The molecule has 0 spiro atoms. The standard InChI is InChI=1S/C16H14N4O2S2/c1-19-7-9-23-15(19)17-13(21)11-3-5-12(6-4-11)14(22)18-16-20(2)8-10-24-16/h3-10H,1-2H3. The summed E-state index contributed by atoms with van der Waals surface area (Å²) in [5, 5.41) is 3.72. The molecule has 6 nitrogen and oxygen atoms in total. The molecule has 2 aromatic heterocycles. The van der Waals surface area contributed by atoms with Crippen molar-refractivity contribution in [1.82, 2.24) is 9.13 Å². The Kier molecular flexibility index (Phi) is 4.68. The number of hydrogen-bond acceptors (Lipinski definition) is 4. The van der Waals surface area contributed by atoms with Crippen LogP contribution in [0.4, 0.5) is 0 Å². The number of carbonyl (C=O) groups is 2. The molecule has 0 unspecified atom stereocenters. The second-order valence-corrected chi connectivity index (χ2v) is 6.75. The van der Waals surface area contributed by atoms with Crippen molar-refractivity contribution in [3.63, 3.8) is 0 Å². The predicted octanol–water partition coefficient (Wildman–Crippen LogP) is 1.97. The molecule has 1 aromatic carbocycles. The molecule has 2 amide bonds. The van der Waals surface area contributed by atoms with E-state index in [4.69, 9.17) is 0 Å². The van der Waals surface area contributed by atoms with Crippen molar-refractivity contribution in [2.24, 2.45) is 24.1 Å². The van der Waals surface area contributed by atoms with Gasteiger partial charge in [-0.15, -0.1) is 22.7 Å². The smallest absolute Gasteiger partial charge is 0.279 e. The summed E-state index contributed by atoms with van der Waals surface area (Å²) in [6.45, 7) is 0. The Morgan fingerprint density at radius 1 is 0.792 bits per heavy atom. The van der Waals surface area contributed by atoms with E-state index in [-0.39, 0.29) is 11.8 Å². The third kappa shape index (κ3) is 3.50. The van der Waals surface area contributed by atoms with Crippen LogP contribution in [0.25, 0.3) is 0 Å². The Hall–Kier alpha value is -2.58. The van der Waals surface area contributed by atoms with E-state index in [0.717, 1.165) is 0 Å². The number of amides is 2. The normalized spacial score (nSPS) is 12.6. The second-order valence-electron chi connectivity index (χ2n) is 5.00. The van der Waals surface area contributed by atoms with Crippen LogP contribution >= 0.6 is 22.7 Å². The first kappa shape index (κ1) is 16.3. The third-order valence-corrected chi connectivity index (χ3v) is 4.99. The summed E-state index contributed by atoms with van der Waals surface area (Å²) in [4.78, 5) is 33.7. The van der Waals surface area contributed by atoms with Crippen LogP contribution in [-0.2, 0) is 14.1 Å². The average molecular weight is 358 g/mol. The topological polar surface area (TPSA) is 68.7 Å². The first-order valence-corrected chi connectivity index (χ1v) is 8.79. The number of benzene rings is 1. The molecule has 0 radical (unpaired) electrons. The van der Waals surface area contributed by atoms with E-state index < -0.39 is 0 Å². The van der Waals surface area contributed by atoms with Crippen LogP contribution in [0.1, 0.15) is 20.7 Å². The molecule has 0 saturated heterocycles. The Bertz CT molecular complexity index is 936. The average Bonchev–Trinajstić information content (AvgIpc) is 3.16. The van der Waals surface area contributed by atoms with Crippen LogP contribution in [0, 0.1) is 0 Å². The molecule has 122 valence electrons. The molecule has 0 atom stereocenters. The van der Waals surface area contributed by atoms with Gasteiger partial charge >= 0.3 is 0 Å². The Morgan fingerprint density at radius 2 is 1.17 bits per heavy atom. The number of aryl methyl sites for hydroxylation is 2. The van der Waals surface area contributed by atoms with E-state index in [1.54, 1.807) is 33.4 Å². The fraction of sp³-hybridized carbons (Fsp3) is 0.125. The van der Waals surface area contributed by atoms with Crippen LogP contribution in [0.15, 0.2) is 57.4 Å². The van der Waals surface area contributed by atoms with Gasteiger partial charge in [-0.05, 0) is 24.3 Å². The Morgan fingerprint density at radius 3 is 1.46 bits per heavy atom. The summed E-state index contributed by atoms with van der Waals surface area (Å²) in [7, 11) is 3.66. The van der Waals surface area contributed by atoms with Gasteiger partial charge in [0.2, 0.25) is 0 Å². The zero-order chi connectivity index (χ0) is 17.1. The van der Waals surface area contributed by atoms with E-state index in [2.05, 4.69) is 9.98 Å². The monoisotopic (exact) mass is 358 g/mol. The molecule has 3 rings (SSSR count). The zero-order valence-electron chi connectivity index (χ0n) is 13.0. The van der Waals surface area contributed by atoms with Gasteiger partial charge in [0.05, 0.1) is 0 Å². The van der Waals surface area contributed by atoms with Crippen LogP contribution in [0.5, 0.6) is 0 Å². The highest BCUT2D eigenvalue weighted by atomic mass is 32.1. The Labute approximate surface area is 145 Å². The SMILES string of the molecule is Cn1ccsc1=NC(=O)c1ccc(C(=O)N=c2sccn2C)cc1. The van der Waals surface area contributed by atoms with Crippen molar-refractivity contribution in [3.8, 4) is 0 Å². The molecule has 0 aliphatic heterocycles. The van der Waals surface area contributed by atoms with Gasteiger partial charge < -0.3 is 9.13 Å². The molecule has 0 N–H and O–H groups in total. The summed E-state index contributed by atoms with van der Waals surface area (Å²) >= 11 is 2.78. The second kappa shape index (κ2) is 6.90. The number of thiazole rings is 2. The van der Waals surface area contributed by atoms with Crippen LogP contribution in [-0.4, -0.2) is 20.9 Å². The Balaban J connectivity index is 1.84. The van der Waals surface area contributed by atoms with Crippen molar-refractivity contribution < 1.29 is 9.59 Å². The van der Waals surface area contributed by atoms with E-state index in [0.29, 0.717) is 20.7 Å². The first-order valence-electron chi connectivity index (χ1n) is 7.03. The van der Waals surface area contributed by atoms with E-state index >= 15 is 0 Å². The lowest BCUT2D eigenvalue weighted by Crippen LogP contribution is -2.13. The van der Waals surface area contributed by atoms with Gasteiger partial charge in [-0.2, -0.15) is 9.98 Å². The molecule has 0 saturated carbocycles. The van der Waals surface area contributed by atoms with Crippen LogP contribution in [0.3, 0.4) is 0 Å². The fourth-order valence-corrected chi connectivity index (χ4v) is 3.38. The quantitative estimate of drug-likeness (QED) is 0.703. The lowest BCUT2D eigenvalue weighted by Gasteiger charge is -1.98. The highest BCUT2D eigenvalue weighted by Gasteiger charge is 2.08. The molecule has 0 fully saturated rings. The largest absolute Gasteiger partial charge is 0.327 e. The van der Waals surface area contributed by atoms with Crippen LogP contribution in [0.2, 0.25) is 0 Å². The maximum absolute atomic E-state index is 12.2. The fourth-order valence-electron chi connectivity index (χ4n) is 1.93. The minimum Gasteiger partial charge on any atom is -0.327 e. The maximum Gasteiger partial charge on any atom is 0.279 e. The molecule has 0 bridgehead atoms. The zero-order valence-corrected chi connectivity index (χ0v) is 14.7. The van der Waals surface area contributed by atoms with E-state index in [1.165, 1.54) is 22.7 Å². The number of carbonyl (C=O) groups excluding carboxylic acids is 2. The molecular weight excluding hydrogens is 344 g/mol. The van der Waals surface area contributed by atoms with E-state index in [9.17, 15) is 9.59 Å². The first-order chi connectivity index (χ1) is 11.5. The van der Waals surface area contributed by atoms with Gasteiger partial charge in [0.15, 0.2) is 9.60 Å². The van der Waals surface area contributed by atoms with Crippen molar-refractivity contribution in [3.05, 3.63) is 68.1 Å². The molecule has 24 heavy (non-hydrogen) atoms. The van der Waals surface area contributed by atoms with Crippen LogP contribution < -0.4 is 9.60 Å². The van der Waals surface area contributed by atoms with Gasteiger partial charge in [-0.1, -0.05) is 0 Å². The number of rotatable bonds is 2. The van der Waals surface area contributed by atoms with Gasteiger partial charge in [0.25, 0.3) is 11.8 Å². The summed E-state index contributed by atoms with van der Waals surface area (Å²) in [6.07, 6.45) is 3.68. The highest BCUT2D eigenvalue weighted by Crippen LogP contribution is 2.07. The molecule has 0 aliphatic rings. The maximum atomic E-state index is 12.2.